The Morgan fingerprint density at radius 3 is 2.87 bits per heavy atom. The van der Waals surface area contributed by atoms with Crippen LogP contribution in [0.15, 0.2) is 18.3 Å². The van der Waals surface area contributed by atoms with E-state index in [0.717, 1.165) is 5.56 Å². The number of aliphatic carboxylic acids is 1. The Hall–Kier alpha value is -1.93. The van der Waals surface area contributed by atoms with Crippen molar-refractivity contribution in [3.05, 3.63) is 29.6 Å². The van der Waals surface area contributed by atoms with Gasteiger partial charge in [0.15, 0.2) is 0 Å². The molecule has 15 heavy (non-hydrogen) atoms. The van der Waals surface area contributed by atoms with E-state index in [1.54, 1.807) is 19.2 Å². The number of nitrogens with zero attached hydrogens (tertiary/aromatic N) is 2. The number of carboxylic acids is 1. The van der Waals surface area contributed by atoms with Crippen molar-refractivity contribution >= 4 is 5.97 Å². The fraction of sp³-hybridized carbons (Fsp3) is 0.300. The van der Waals surface area contributed by atoms with Crippen molar-refractivity contribution in [1.29, 1.82) is 5.26 Å². The standard InChI is InChI=1S/C10H11N3O2/c1-12-9(10(14)15)4-7-2-3-8(5-11)13-6-7/h2-3,6,9,12H,4H2,1H3,(H,14,15). The normalized spacial score (nSPS) is 11.7. The van der Waals surface area contributed by atoms with Gasteiger partial charge >= 0.3 is 5.97 Å². The van der Waals surface area contributed by atoms with Gasteiger partial charge in [-0.2, -0.15) is 5.26 Å². The summed E-state index contributed by atoms with van der Waals surface area (Å²) < 4.78 is 0. The van der Waals surface area contributed by atoms with Crippen LogP contribution in [-0.4, -0.2) is 29.1 Å². The monoisotopic (exact) mass is 205 g/mol. The lowest BCUT2D eigenvalue weighted by Gasteiger charge is -2.10. The molecule has 1 rings (SSSR count). The van der Waals surface area contributed by atoms with E-state index in [-0.39, 0.29) is 0 Å². The molecule has 1 heterocycles. The highest BCUT2D eigenvalue weighted by atomic mass is 16.4. The Balaban J connectivity index is 2.72. The molecular weight excluding hydrogens is 194 g/mol. The van der Waals surface area contributed by atoms with Crippen LogP contribution < -0.4 is 5.32 Å². The van der Waals surface area contributed by atoms with Crippen molar-refractivity contribution < 1.29 is 9.90 Å². The number of pyridine rings is 1. The van der Waals surface area contributed by atoms with E-state index < -0.39 is 12.0 Å². The number of carbonyl (C=O) groups is 1. The van der Waals surface area contributed by atoms with Crippen molar-refractivity contribution in [2.75, 3.05) is 7.05 Å². The molecule has 78 valence electrons. The second kappa shape index (κ2) is 5.08. The maximum Gasteiger partial charge on any atom is 0.321 e. The largest absolute Gasteiger partial charge is 0.480 e. The fourth-order valence-corrected chi connectivity index (χ4v) is 1.16. The maximum atomic E-state index is 10.7. The van der Waals surface area contributed by atoms with Gasteiger partial charge in [-0.05, 0) is 25.1 Å². The molecule has 0 aliphatic carbocycles. The third-order valence-electron chi connectivity index (χ3n) is 2.03. The van der Waals surface area contributed by atoms with Gasteiger partial charge in [-0.15, -0.1) is 0 Å². The molecule has 0 spiro atoms. The molecule has 0 aliphatic rings. The highest BCUT2D eigenvalue weighted by molar-refractivity contribution is 5.73. The molecule has 5 heteroatoms. The topological polar surface area (TPSA) is 86.0 Å². The van der Waals surface area contributed by atoms with Crippen molar-refractivity contribution in [3.8, 4) is 6.07 Å². The second-order valence-corrected chi connectivity index (χ2v) is 3.05. The summed E-state index contributed by atoms with van der Waals surface area (Å²) in [6.07, 6.45) is 1.87. The number of carboxylic acid groups (broad SMARTS) is 1. The van der Waals surface area contributed by atoms with Crippen LogP contribution in [0.3, 0.4) is 0 Å². The lowest BCUT2D eigenvalue weighted by molar-refractivity contribution is -0.139. The van der Waals surface area contributed by atoms with Gasteiger partial charge in [0.05, 0.1) is 0 Å². The number of nitriles is 1. The lowest BCUT2D eigenvalue weighted by atomic mass is 10.1. The minimum absolute atomic E-state index is 0.329. The van der Waals surface area contributed by atoms with Crippen LogP contribution in [0.2, 0.25) is 0 Å². The molecule has 5 nitrogen and oxygen atoms in total. The molecule has 0 saturated carbocycles. The number of likely N-dealkylation sites (N-methyl/N-ethyl adjacent to an activating group) is 1. The average molecular weight is 205 g/mol. The molecule has 1 unspecified atom stereocenters. The van der Waals surface area contributed by atoms with Crippen LogP contribution in [0.4, 0.5) is 0 Å². The lowest BCUT2D eigenvalue weighted by Crippen LogP contribution is -2.35. The third-order valence-corrected chi connectivity index (χ3v) is 2.03. The summed E-state index contributed by atoms with van der Waals surface area (Å²) in [6, 6.07) is 4.56. The predicted octanol–water partition coefficient (Wildman–Crippen LogP) is 0.168. The number of hydrogen-bond acceptors (Lipinski definition) is 4. The van der Waals surface area contributed by atoms with Crippen LogP contribution >= 0.6 is 0 Å². The van der Waals surface area contributed by atoms with Gasteiger partial charge in [0.1, 0.15) is 17.8 Å². The predicted molar refractivity (Wildman–Crippen MR) is 53.1 cm³/mol. The Morgan fingerprint density at radius 2 is 2.47 bits per heavy atom. The zero-order valence-electron chi connectivity index (χ0n) is 8.27. The number of rotatable bonds is 4. The van der Waals surface area contributed by atoms with E-state index in [9.17, 15) is 4.79 Å². The van der Waals surface area contributed by atoms with Gasteiger partial charge < -0.3 is 10.4 Å². The summed E-state index contributed by atoms with van der Waals surface area (Å²) in [5, 5.41) is 20.0. The van der Waals surface area contributed by atoms with Gasteiger partial charge in [-0.1, -0.05) is 6.07 Å². The molecule has 0 aliphatic heterocycles. The third kappa shape index (κ3) is 3.04. The van der Waals surface area contributed by atoms with Gasteiger partial charge in [-0.25, -0.2) is 4.98 Å². The Bertz CT molecular complexity index is 381. The van der Waals surface area contributed by atoms with Crippen LogP contribution in [-0.2, 0) is 11.2 Å². The summed E-state index contributed by atoms with van der Waals surface area (Å²) in [6.45, 7) is 0. The number of hydrogen-bond donors (Lipinski definition) is 2. The molecule has 0 amide bonds. The van der Waals surface area contributed by atoms with Gasteiger partial charge in [0.25, 0.3) is 0 Å². The summed E-state index contributed by atoms with van der Waals surface area (Å²) >= 11 is 0. The summed E-state index contributed by atoms with van der Waals surface area (Å²) in [5.74, 6) is -0.901. The second-order valence-electron chi connectivity index (χ2n) is 3.05. The van der Waals surface area contributed by atoms with Gasteiger partial charge in [0, 0.05) is 6.20 Å². The van der Waals surface area contributed by atoms with E-state index >= 15 is 0 Å². The molecule has 0 fully saturated rings. The van der Waals surface area contributed by atoms with Crippen molar-refractivity contribution in [1.82, 2.24) is 10.3 Å². The van der Waals surface area contributed by atoms with E-state index in [1.165, 1.54) is 6.20 Å². The average Bonchev–Trinajstić information content (AvgIpc) is 2.26. The maximum absolute atomic E-state index is 10.7. The first-order valence-electron chi connectivity index (χ1n) is 4.42. The Kier molecular flexibility index (Phi) is 3.77. The zero-order chi connectivity index (χ0) is 11.3. The quantitative estimate of drug-likeness (QED) is 0.731. The molecule has 1 atom stereocenters. The summed E-state index contributed by atoms with van der Waals surface area (Å²) in [7, 11) is 1.59. The van der Waals surface area contributed by atoms with Crippen molar-refractivity contribution in [3.63, 3.8) is 0 Å². The molecule has 1 aromatic rings. The minimum Gasteiger partial charge on any atom is -0.480 e. The van der Waals surface area contributed by atoms with Crippen LogP contribution in [0.1, 0.15) is 11.3 Å². The number of aromatic nitrogens is 1. The highest BCUT2D eigenvalue weighted by Gasteiger charge is 2.15. The first kappa shape index (κ1) is 11.1. The van der Waals surface area contributed by atoms with Crippen molar-refractivity contribution in [2.24, 2.45) is 0 Å². The van der Waals surface area contributed by atoms with Crippen LogP contribution in [0.5, 0.6) is 0 Å². The summed E-state index contributed by atoms with van der Waals surface area (Å²) in [4.78, 5) is 14.6. The first-order valence-corrected chi connectivity index (χ1v) is 4.42. The van der Waals surface area contributed by atoms with Crippen LogP contribution in [0.25, 0.3) is 0 Å². The van der Waals surface area contributed by atoms with Crippen LogP contribution in [0, 0.1) is 11.3 Å². The van der Waals surface area contributed by atoms with E-state index in [0.29, 0.717) is 12.1 Å². The highest BCUT2D eigenvalue weighted by Crippen LogP contribution is 2.03. The zero-order valence-corrected chi connectivity index (χ0v) is 8.27. The van der Waals surface area contributed by atoms with Gasteiger partial charge in [0.2, 0.25) is 0 Å². The SMILES string of the molecule is CNC(Cc1ccc(C#N)nc1)C(=O)O. The molecule has 0 saturated heterocycles. The Labute approximate surface area is 87.4 Å². The van der Waals surface area contributed by atoms with Gasteiger partial charge in [-0.3, -0.25) is 4.79 Å². The van der Waals surface area contributed by atoms with E-state index in [4.69, 9.17) is 10.4 Å². The smallest absolute Gasteiger partial charge is 0.321 e. The minimum atomic E-state index is -0.901. The number of nitrogens with one attached hydrogen (secondary N) is 1. The molecule has 1 aromatic heterocycles. The molecule has 0 radical (unpaired) electrons. The molecule has 2 N–H and O–H groups in total. The molecule has 0 aromatic carbocycles. The molecular formula is C10H11N3O2. The summed E-state index contributed by atoms with van der Waals surface area (Å²) in [5.41, 5.74) is 1.12. The fourth-order valence-electron chi connectivity index (χ4n) is 1.16. The Morgan fingerprint density at radius 1 is 1.73 bits per heavy atom. The van der Waals surface area contributed by atoms with E-state index in [1.807, 2.05) is 6.07 Å². The molecule has 0 bridgehead atoms. The first-order chi connectivity index (χ1) is 7.17. The van der Waals surface area contributed by atoms with Crippen molar-refractivity contribution in [2.45, 2.75) is 12.5 Å². The van der Waals surface area contributed by atoms with E-state index in [2.05, 4.69) is 10.3 Å².